The summed E-state index contributed by atoms with van der Waals surface area (Å²) in [7, 11) is 0. The van der Waals surface area contributed by atoms with Gasteiger partial charge in [0.1, 0.15) is 0 Å². The van der Waals surface area contributed by atoms with E-state index in [1.54, 1.807) is 11.3 Å². The van der Waals surface area contributed by atoms with E-state index < -0.39 is 0 Å². The molecule has 0 aliphatic heterocycles. The van der Waals surface area contributed by atoms with Crippen LogP contribution in [-0.4, -0.2) is 5.91 Å². The molecular formula is C21H15NOS. The van der Waals surface area contributed by atoms with Crippen molar-refractivity contribution in [3.8, 4) is 10.4 Å². The Morgan fingerprint density at radius 2 is 1.58 bits per heavy atom. The van der Waals surface area contributed by atoms with Gasteiger partial charge in [-0.3, -0.25) is 4.79 Å². The number of fused-ring (bicyclic) bond motifs is 1. The Hall–Kier alpha value is -2.91. The van der Waals surface area contributed by atoms with Gasteiger partial charge in [0.25, 0.3) is 5.91 Å². The highest BCUT2D eigenvalue weighted by Crippen LogP contribution is 2.32. The average Bonchev–Trinajstić information content (AvgIpc) is 3.16. The number of thiophene rings is 1. The zero-order valence-electron chi connectivity index (χ0n) is 12.9. The highest BCUT2D eigenvalue weighted by molar-refractivity contribution is 7.13. The van der Waals surface area contributed by atoms with Crippen molar-refractivity contribution < 1.29 is 4.79 Å². The van der Waals surface area contributed by atoms with Crippen molar-refractivity contribution in [3.63, 3.8) is 0 Å². The third kappa shape index (κ3) is 2.70. The summed E-state index contributed by atoms with van der Waals surface area (Å²) in [4.78, 5) is 14.0. The SMILES string of the molecule is O=C(Nc1ccccc1-c1cccs1)c1cccc2ccccc12. The van der Waals surface area contributed by atoms with Gasteiger partial charge in [0, 0.05) is 21.7 Å². The van der Waals surface area contributed by atoms with Crippen molar-refractivity contribution in [2.75, 3.05) is 5.32 Å². The van der Waals surface area contributed by atoms with Gasteiger partial charge in [0.05, 0.1) is 0 Å². The molecule has 0 fully saturated rings. The van der Waals surface area contributed by atoms with E-state index in [9.17, 15) is 4.79 Å². The topological polar surface area (TPSA) is 29.1 Å². The molecule has 0 bridgehead atoms. The summed E-state index contributed by atoms with van der Waals surface area (Å²) in [6, 6.07) is 25.7. The Labute approximate surface area is 144 Å². The molecule has 0 saturated carbocycles. The molecule has 1 heterocycles. The molecule has 4 aromatic rings. The fourth-order valence-corrected chi connectivity index (χ4v) is 3.62. The molecule has 0 aliphatic carbocycles. The highest BCUT2D eigenvalue weighted by Gasteiger charge is 2.12. The Bertz CT molecular complexity index is 1000. The fourth-order valence-electron chi connectivity index (χ4n) is 2.85. The van der Waals surface area contributed by atoms with Gasteiger partial charge in [-0.05, 0) is 34.4 Å². The second-order valence-corrected chi connectivity index (χ2v) is 6.45. The van der Waals surface area contributed by atoms with Crippen LogP contribution in [0.3, 0.4) is 0 Å². The first-order valence-corrected chi connectivity index (χ1v) is 8.63. The van der Waals surface area contributed by atoms with Gasteiger partial charge in [-0.1, -0.05) is 60.7 Å². The Morgan fingerprint density at radius 1 is 0.792 bits per heavy atom. The number of benzene rings is 3. The van der Waals surface area contributed by atoms with E-state index >= 15 is 0 Å². The highest BCUT2D eigenvalue weighted by atomic mass is 32.1. The number of para-hydroxylation sites is 1. The summed E-state index contributed by atoms with van der Waals surface area (Å²) in [6.45, 7) is 0. The van der Waals surface area contributed by atoms with E-state index in [2.05, 4.69) is 11.4 Å². The molecule has 0 aliphatic rings. The van der Waals surface area contributed by atoms with Crippen LogP contribution in [0.15, 0.2) is 84.2 Å². The molecule has 0 spiro atoms. The maximum absolute atomic E-state index is 12.8. The summed E-state index contributed by atoms with van der Waals surface area (Å²) in [5.74, 6) is -0.0872. The van der Waals surface area contributed by atoms with E-state index in [0.717, 1.165) is 26.9 Å². The normalized spacial score (nSPS) is 10.7. The van der Waals surface area contributed by atoms with Gasteiger partial charge < -0.3 is 5.32 Å². The number of anilines is 1. The number of amides is 1. The zero-order valence-corrected chi connectivity index (χ0v) is 13.7. The maximum atomic E-state index is 12.8. The molecule has 3 heteroatoms. The number of hydrogen-bond acceptors (Lipinski definition) is 2. The van der Waals surface area contributed by atoms with Gasteiger partial charge in [0.15, 0.2) is 0 Å². The molecule has 4 rings (SSSR count). The van der Waals surface area contributed by atoms with Crippen LogP contribution in [0.25, 0.3) is 21.2 Å². The van der Waals surface area contributed by atoms with Crippen molar-refractivity contribution in [2.45, 2.75) is 0 Å². The number of rotatable bonds is 3. The third-order valence-corrected chi connectivity index (χ3v) is 4.90. The van der Waals surface area contributed by atoms with Crippen LogP contribution in [0.1, 0.15) is 10.4 Å². The van der Waals surface area contributed by atoms with Gasteiger partial charge in [-0.15, -0.1) is 11.3 Å². The first kappa shape index (κ1) is 14.7. The number of nitrogens with one attached hydrogen (secondary N) is 1. The quantitative estimate of drug-likeness (QED) is 0.504. The molecular weight excluding hydrogens is 314 g/mol. The molecule has 0 saturated heterocycles. The fraction of sp³-hybridized carbons (Fsp3) is 0. The molecule has 3 aromatic carbocycles. The smallest absolute Gasteiger partial charge is 0.256 e. The first-order chi connectivity index (χ1) is 11.8. The lowest BCUT2D eigenvalue weighted by atomic mass is 10.0. The van der Waals surface area contributed by atoms with Crippen LogP contribution in [0.2, 0.25) is 0 Å². The zero-order chi connectivity index (χ0) is 16.4. The van der Waals surface area contributed by atoms with E-state index in [1.807, 2.05) is 78.2 Å². The standard InChI is InChI=1S/C21H15NOS/c23-21(17-11-5-8-15-7-1-2-9-16(15)17)22-19-12-4-3-10-18(19)20-13-6-14-24-20/h1-14H,(H,22,23). The predicted molar refractivity (Wildman–Crippen MR) is 102 cm³/mol. The Morgan fingerprint density at radius 3 is 2.46 bits per heavy atom. The van der Waals surface area contributed by atoms with Crippen LogP contribution in [0.4, 0.5) is 5.69 Å². The van der Waals surface area contributed by atoms with Crippen molar-refractivity contribution in [1.29, 1.82) is 0 Å². The number of carbonyl (C=O) groups is 1. The molecule has 116 valence electrons. The largest absolute Gasteiger partial charge is 0.321 e. The summed E-state index contributed by atoms with van der Waals surface area (Å²) >= 11 is 1.66. The number of carbonyl (C=O) groups excluding carboxylic acids is 1. The molecule has 0 atom stereocenters. The van der Waals surface area contributed by atoms with Crippen LogP contribution in [0, 0.1) is 0 Å². The lowest BCUT2D eigenvalue weighted by Gasteiger charge is -2.11. The van der Waals surface area contributed by atoms with Crippen molar-refractivity contribution in [2.24, 2.45) is 0 Å². The molecule has 2 nitrogen and oxygen atoms in total. The molecule has 1 N–H and O–H groups in total. The lowest BCUT2D eigenvalue weighted by Crippen LogP contribution is -2.13. The van der Waals surface area contributed by atoms with E-state index in [4.69, 9.17) is 0 Å². The van der Waals surface area contributed by atoms with Crippen molar-refractivity contribution >= 4 is 33.7 Å². The predicted octanol–water partition coefficient (Wildman–Crippen LogP) is 5.82. The lowest BCUT2D eigenvalue weighted by molar-refractivity contribution is 0.102. The van der Waals surface area contributed by atoms with Crippen LogP contribution in [-0.2, 0) is 0 Å². The van der Waals surface area contributed by atoms with Crippen molar-refractivity contribution in [1.82, 2.24) is 0 Å². The summed E-state index contributed by atoms with van der Waals surface area (Å²) in [5, 5.41) is 7.15. The summed E-state index contributed by atoms with van der Waals surface area (Å²) in [6.07, 6.45) is 0. The van der Waals surface area contributed by atoms with E-state index in [0.29, 0.717) is 5.56 Å². The monoisotopic (exact) mass is 329 g/mol. The third-order valence-electron chi connectivity index (χ3n) is 4.00. The summed E-state index contributed by atoms with van der Waals surface area (Å²) in [5.41, 5.74) is 2.56. The molecule has 24 heavy (non-hydrogen) atoms. The maximum Gasteiger partial charge on any atom is 0.256 e. The van der Waals surface area contributed by atoms with Gasteiger partial charge in [-0.25, -0.2) is 0 Å². The van der Waals surface area contributed by atoms with E-state index in [-0.39, 0.29) is 5.91 Å². The molecule has 1 amide bonds. The van der Waals surface area contributed by atoms with Gasteiger partial charge >= 0.3 is 0 Å². The van der Waals surface area contributed by atoms with Gasteiger partial charge in [-0.2, -0.15) is 0 Å². The second kappa shape index (κ2) is 6.30. The van der Waals surface area contributed by atoms with E-state index in [1.165, 1.54) is 0 Å². The Balaban J connectivity index is 1.73. The minimum atomic E-state index is -0.0872. The van der Waals surface area contributed by atoms with Gasteiger partial charge in [0.2, 0.25) is 0 Å². The summed E-state index contributed by atoms with van der Waals surface area (Å²) < 4.78 is 0. The van der Waals surface area contributed by atoms with Crippen LogP contribution < -0.4 is 5.32 Å². The molecule has 0 unspecified atom stereocenters. The minimum Gasteiger partial charge on any atom is -0.321 e. The van der Waals surface area contributed by atoms with Crippen molar-refractivity contribution in [3.05, 3.63) is 89.8 Å². The van der Waals surface area contributed by atoms with Crippen LogP contribution >= 0.6 is 11.3 Å². The average molecular weight is 329 g/mol. The minimum absolute atomic E-state index is 0.0872. The molecule has 1 aromatic heterocycles. The molecule has 0 radical (unpaired) electrons. The second-order valence-electron chi connectivity index (χ2n) is 5.50. The van der Waals surface area contributed by atoms with Crippen LogP contribution in [0.5, 0.6) is 0 Å². The first-order valence-electron chi connectivity index (χ1n) is 7.75. The Kier molecular flexibility index (Phi) is 3.85. The number of hydrogen-bond donors (Lipinski definition) is 1.